The van der Waals surface area contributed by atoms with E-state index >= 15 is 0 Å². The van der Waals surface area contributed by atoms with E-state index in [-0.39, 0.29) is 22.1 Å². The molecule has 5 rings (SSSR count). The Morgan fingerprint density at radius 2 is 1.85 bits per heavy atom. The van der Waals surface area contributed by atoms with Crippen molar-refractivity contribution in [3.8, 4) is 0 Å². The number of hydrogen-bond donors (Lipinski definition) is 1. The van der Waals surface area contributed by atoms with Gasteiger partial charge in [0, 0.05) is 28.7 Å². The maximum absolute atomic E-state index is 13.0. The summed E-state index contributed by atoms with van der Waals surface area (Å²) in [5.41, 5.74) is 3.13. The summed E-state index contributed by atoms with van der Waals surface area (Å²) in [6.07, 6.45) is 2.87. The van der Waals surface area contributed by atoms with Crippen molar-refractivity contribution in [1.82, 2.24) is 4.98 Å². The number of amides is 1. The van der Waals surface area contributed by atoms with Crippen LogP contribution in [0, 0.1) is 0 Å². The van der Waals surface area contributed by atoms with Gasteiger partial charge in [-0.25, -0.2) is 0 Å². The number of carbonyl (C=O) groups excluding carboxylic acids is 1. The number of furan rings is 1. The van der Waals surface area contributed by atoms with E-state index in [1.54, 1.807) is 6.07 Å². The number of pyridine rings is 1. The molecular weight excluding hydrogens is 387 g/mol. The molecule has 27 heavy (non-hydrogen) atoms. The van der Waals surface area contributed by atoms with Crippen molar-refractivity contribution in [3.05, 3.63) is 70.0 Å². The molecule has 0 saturated carbocycles. The molecule has 1 atom stereocenters. The second-order valence-electron chi connectivity index (χ2n) is 6.26. The summed E-state index contributed by atoms with van der Waals surface area (Å²) in [6.45, 7) is 0.653. The monoisotopic (exact) mass is 398 g/mol. The zero-order chi connectivity index (χ0) is 18.5. The Labute approximate surface area is 163 Å². The van der Waals surface area contributed by atoms with E-state index in [9.17, 15) is 4.79 Å². The number of nitrogens with one attached hydrogen (secondary N) is 1. The highest BCUT2D eigenvalue weighted by Crippen LogP contribution is 2.41. The molecule has 0 radical (unpaired) electrons. The highest BCUT2D eigenvalue weighted by Gasteiger charge is 2.30. The fraction of sp³-hybridized carbons (Fsp3) is 0.100. The molecule has 1 aliphatic rings. The van der Waals surface area contributed by atoms with Gasteiger partial charge >= 0.3 is 0 Å². The molecule has 1 saturated heterocycles. The minimum Gasteiger partial charge on any atom is -0.456 e. The molecule has 0 bridgehead atoms. The Kier molecular flexibility index (Phi) is 3.82. The molecule has 5 nitrogen and oxygen atoms in total. The number of hydrogen-bond acceptors (Lipinski definition) is 4. The lowest BCUT2D eigenvalue weighted by atomic mass is 10.0. The minimum absolute atomic E-state index is 0.00857. The summed E-state index contributed by atoms with van der Waals surface area (Å²) >= 11 is 12.3. The van der Waals surface area contributed by atoms with Crippen molar-refractivity contribution in [3.63, 3.8) is 0 Å². The van der Waals surface area contributed by atoms with Gasteiger partial charge in [0.1, 0.15) is 17.3 Å². The summed E-state index contributed by atoms with van der Waals surface area (Å²) in [4.78, 5) is 17.0. The number of epoxide rings is 1. The molecule has 3 heterocycles. The van der Waals surface area contributed by atoms with Crippen molar-refractivity contribution in [1.29, 1.82) is 0 Å². The van der Waals surface area contributed by atoms with Gasteiger partial charge in [-0.3, -0.25) is 9.78 Å². The number of benzene rings is 2. The Morgan fingerprint density at radius 1 is 1.11 bits per heavy atom. The van der Waals surface area contributed by atoms with Crippen LogP contribution in [0.15, 0.2) is 53.2 Å². The molecule has 1 aliphatic heterocycles. The van der Waals surface area contributed by atoms with Crippen LogP contribution in [0.25, 0.3) is 21.9 Å². The molecule has 7 heteroatoms. The van der Waals surface area contributed by atoms with Gasteiger partial charge in [-0.05, 0) is 12.1 Å². The SMILES string of the molecule is O=C(Nc1c(Cl)cncc1Cl)c1ccc(C2CO2)c2oc3ccccc3c12. The molecular formula is C20H12Cl2N2O3. The van der Waals surface area contributed by atoms with E-state index < -0.39 is 0 Å². The van der Waals surface area contributed by atoms with E-state index in [1.807, 2.05) is 30.3 Å². The largest absolute Gasteiger partial charge is 0.456 e. The lowest BCUT2D eigenvalue weighted by Gasteiger charge is -2.10. The van der Waals surface area contributed by atoms with Gasteiger partial charge < -0.3 is 14.5 Å². The Morgan fingerprint density at radius 3 is 2.59 bits per heavy atom. The number of aromatic nitrogens is 1. The quantitative estimate of drug-likeness (QED) is 0.455. The Hall–Kier alpha value is -2.60. The normalized spacial score (nSPS) is 16.0. The van der Waals surface area contributed by atoms with Crippen LogP contribution in [0.3, 0.4) is 0 Å². The molecule has 134 valence electrons. The van der Waals surface area contributed by atoms with E-state index in [4.69, 9.17) is 32.4 Å². The van der Waals surface area contributed by atoms with Crippen molar-refractivity contribution in [2.45, 2.75) is 6.10 Å². The summed E-state index contributed by atoms with van der Waals surface area (Å²) in [5.74, 6) is -0.329. The highest BCUT2D eigenvalue weighted by atomic mass is 35.5. The van der Waals surface area contributed by atoms with Crippen LogP contribution in [-0.4, -0.2) is 17.5 Å². The minimum atomic E-state index is -0.329. The third-order valence-electron chi connectivity index (χ3n) is 4.57. The molecule has 1 N–H and O–H groups in total. The molecule has 1 fully saturated rings. The van der Waals surface area contributed by atoms with Crippen LogP contribution < -0.4 is 5.32 Å². The average Bonchev–Trinajstić information content (AvgIpc) is 3.43. The number of ether oxygens (including phenoxy) is 1. The highest BCUT2D eigenvalue weighted by molar-refractivity contribution is 6.40. The second kappa shape index (κ2) is 6.23. The Balaban J connectivity index is 1.69. The molecule has 0 aliphatic carbocycles. The maximum atomic E-state index is 13.0. The fourth-order valence-electron chi connectivity index (χ4n) is 3.23. The van der Waals surface area contributed by atoms with E-state index in [0.29, 0.717) is 23.4 Å². The van der Waals surface area contributed by atoms with Gasteiger partial charge in [0.05, 0.1) is 27.9 Å². The topological polar surface area (TPSA) is 67.7 Å². The molecule has 4 aromatic rings. The van der Waals surface area contributed by atoms with E-state index in [2.05, 4.69) is 10.3 Å². The lowest BCUT2D eigenvalue weighted by Crippen LogP contribution is -2.13. The first-order chi connectivity index (χ1) is 13.1. The van der Waals surface area contributed by atoms with Crippen LogP contribution >= 0.6 is 23.2 Å². The molecule has 2 aromatic carbocycles. The maximum Gasteiger partial charge on any atom is 0.256 e. The van der Waals surface area contributed by atoms with Crippen molar-refractivity contribution in [2.24, 2.45) is 0 Å². The zero-order valence-corrected chi connectivity index (χ0v) is 15.3. The number of halogens is 2. The van der Waals surface area contributed by atoms with Crippen LogP contribution in [0.4, 0.5) is 5.69 Å². The lowest BCUT2D eigenvalue weighted by molar-refractivity contribution is 0.102. The zero-order valence-electron chi connectivity index (χ0n) is 13.8. The first-order valence-electron chi connectivity index (χ1n) is 8.29. The van der Waals surface area contributed by atoms with E-state index in [0.717, 1.165) is 21.9 Å². The van der Waals surface area contributed by atoms with Gasteiger partial charge in [-0.1, -0.05) is 47.5 Å². The molecule has 1 amide bonds. The van der Waals surface area contributed by atoms with Crippen LogP contribution in [0.5, 0.6) is 0 Å². The predicted octanol–water partition coefficient (Wildman–Crippen LogP) is 5.61. The number of anilines is 1. The molecule has 1 unspecified atom stereocenters. The van der Waals surface area contributed by atoms with Gasteiger partial charge in [-0.2, -0.15) is 0 Å². The first-order valence-corrected chi connectivity index (χ1v) is 9.05. The third kappa shape index (κ3) is 2.75. The van der Waals surface area contributed by atoms with Crippen molar-refractivity contribution >= 4 is 56.7 Å². The number of rotatable bonds is 3. The number of para-hydroxylation sites is 1. The number of carbonyl (C=O) groups is 1. The smallest absolute Gasteiger partial charge is 0.256 e. The summed E-state index contributed by atoms with van der Waals surface area (Å²) in [5, 5.41) is 4.95. The molecule has 0 spiro atoms. The van der Waals surface area contributed by atoms with Crippen molar-refractivity contribution < 1.29 is 13.9 Å². The molecule has 2 aromatic heterocycles. The summed E-state index contributed by atoms with van der Waals surface area (Å²) in [6, 6.07) is 11.3. The van der Waals surface area contributed by atoms with Gasteiger partial charge in [0.25, 0.3) is 5.91 Å². The van der Waals surface area contributed by atoms with Crippen LogP contribution in [-0.2, 0) is 4.74 Å². The predicted molar refractivity (Wildman–Crippen MR) is 105 cm³/mol. The standard InChI is InChI=1S/C20H12Cl2N2O3/c21-13-7-23-8-14(22)18(13)24-20(25)12-6-5-11(16-9-26-16)19-17(12)10-3-1-2-4-15(10)27-19/h1-8,16H,9H2,(H,23,24,25). The fourth-order valence-corrected chi connectivity index (χ4v) is 3.69. The Bertz CT molecular complexity index is 1190. The van der Waals surface area contributed by atoms with Gasteiger partial charge in [-0.15, -0.1) is 0 Å². The summed E-state index contributed by atoms with van der Waals surface area (Å²) < 4.78 is 11.5. The number of fused-ring (bicyclic) bond motifs is 3. The van der Waals surface area contributed by atoms with Gasteiger partial charge in [0.15, 0.2) is 0 Å². The van der Waals surface area contributed by atoms with Crippen LogP contribution in [0.2, 0.25) is 10.0 Å². The third-order valence-corrected chi connectivity index (χ3v) is 5.15. The first kappa shape index (κ1) is 16.6. The van der Waals surface area contributed by atoms with Crippen LogP contribution in [0.1, 0.15) is 22.0 Å². The van der Waals surface area contributed by atoms with E-state index in [1.165, 1.54) is 12.4 Å². The van der Waals surface area contributed by atoms with Crippen molar-refractivity contribution in [2.75, 3.05) is 11.9 Å². The number of nitrogens with zero attached hydrogens (tertiary/aromatic N) is 1. The summed E-state index contributed by atoms with van der Waals surface area (Å²) in [7, 11) is 0. The average molecular weight is 399 g/mol. The second-order valence-corrected chi connectivity index (χ2v) is 7.07. The van der Waals surface area contributed by atoms with Gasteiger partial charge in [0.2, 0.25) is 0 Å².